The first-order valence-corrected chi connectivity index (χ1v) is 8.15. The highest BCUT2D eigenvalue weighted by Crippen LogP contribution is 2.33. The lowest BCUT2D eigenvalue weighted by molar-refractivity contribution is 0.0652. The SMILES string of the molecule is COc1ccc(Nc2cccc(C(=O)O)c2C(=O)O)c(OCCN(C)C)c1. The van der Waals surface area contributed by atoms with Gasteiger partial charge in [0, 0.05) is 12.6 Å². The fraction of sp³-hybridized carbons (Fsp3) is 0.263. The molecule has 8 nitrogen and oxygen atoms in total. The summed E-state index contributed by atoms with van der Waals surface area (Å²) < 4.78 is 11.0. The maximum atomic E-state index is 11.6. The van der Waals surface area contributed by atoms with E-state index in [1.807, 2.05) is 19.0 Å². The minimum absolute atomic E-state index is 0.157. The molecule has 0 aromatic heterocycles. The third-order valence-electron chi connectivity index (χ3n) is 3.76. The highest BCUT2D eigenvalue weighted by atomic mass is 16.5. The molecule has 144 valence electrons. The van der Waals surface area contributed by atoms with Crippen molar-refractivity contribution < 1.29 is 29.3 Å². The molecule has 2 aromatic rings. The maximum Gasteiger partial charge on any atom is 0.338 e. The minimum Gasteiger partial charge on any atom is -0.497 e. The molecule has 0 heterocycles. The summed E-state index contributed by atoms with van der Waals surface area (Å²) in [5.41, 5.74) is 0.0424. The van der Waals surface area contributed by atoms with Gasteiger partial charge in [-0.2, -0.15) is 0 Å². The van der Waals surface area contributed by atoms with Crippen molar-refractivity contribution in [1.82, 2.24) is 4.90 Å². The Kier molecular flexibility index (Phi) is 6.62. The van der Waals surface area contributed by atoms with Crippen LogP contribution in [0.5, 0.6) is 11.5 Å². The summed E-state index contributed by atoms with van der Waals surface area (Å²) in [6.07, 6.45) is 0. The van der Waals surface area contributed by atoms with Crippen LogP contribution in [-0.4, -0.2) is 61.4 Å². The van der Waals surface area contributed by atoms with Gasteiger partial charge in [0.1, 0.15) is 18.1 Å². The zero-order valence-electron chi connectivity index (χ0n) is 15.4. The van der Waals surface area contributed by atoms with Gasteiger partial charge in [-0.3, -0.25) is 0 Å². The van der Waals surface area contributed by atoms with E-state index in [0.29, 0.717) is 30.3 Å². The molecule has 0 amide bonds. The molecule has 27 heavy (non-hydrogen) atoms. The number of carboxylic acids is 2. The fourth-order valence-electron chi connectivity index (χ4n) is 2.40. The molecule has 0 bridgehead atoms. The molecule has 0 atom stereocenters. The summed E-state index contributed by atoms with van der Waals surface area (Å²) in [5.74, 6) is -1.60. The first-order valence-electron chi connectivity index (χ1n) is 8.15. The quantitative estimate of drug-likeness (QED) is 0.615. The number of hydrogen-bond donors (Lipinski definition) is 3. The van der Waals surface area contributed by atoms with Crippen molar-refractivity contribution >= 4 is 23.3 Å². The normalized spacial score (nSPS) is 10.5. The predicted octanol–water partition coefficient (Wildman–Crippen LogP) is 2.78. The Morgan fingerprint density at radius 3 is 2.41 bits per heavy atom. The Hall–Kier alpha value is -3.26. The van der Waals surface area contributed by atoms with Gasteiger partial charge in [0.15, 0.2) is 0 Å². The second-order valence-electron chi connectivity index (χ2n) is 5.98. The fourth-order valence-corrected chi connectivity index (χ4v) is 2.40. The number of aromatic carboxylic acids is 2. The number of nitrogens with zero attached hydrogens (tertiary/aromatic N) is 1. The van der Waals surface area contributed by atoms with Crippen LogP contribution < -0.4 is 14.8 Å². The van der Waals surface area contributed by atoms with Crippen LogP contribution in [0.1, 0.15) is 20.7 Å². The molecule has 0 saturated heterocycles. The van der Waals surface area contributed by atoms with Gasteiger partial charge >= 0.3 is 11.9 Å². The van der Waals surface area contributed by atoms with Crippen molar-refractivity contribution in [2.24, 2.45) is 0 Å². The smallest absolute Gasteiger partial charge is 0.338 e. The molecule has 0 unspecified atom stereocenters. The minimum atomic E-state index is -1.33. The lowest BCUT2D eigenvalue weighted by atomic mass is 10.0. The lowest BCUT2D eigenvalue weighted by Crippen LogP contribution is -2.19. The molecular weight excluding hydrogens is 352 g/mol. The summed E-state index contributed by atoms with van der Waals surface area (Å²) in [5, 5.41) is 21.7. The molecule has 0 aliphatic heterocycles. The summed E-state index contributed by atoms with van der Waals surface area (Å²) in [7, 11) is 5.38. The number of rotatable bonds is 9. The highest BCUT2D eigenvalue weighted by molar-refractivity contribution is 6.06. The lowest BCUT2D eigenvalue weighted by Gasteiger charge is -2.17. The van der Waals surface area contributed by atoms with E-state index < -0.39 is 11.9 Å². The molecule has 0 spiro atoms. The van der Waals surface area contributed by atoms with Crippen LogP contribution in [-0.2, 0) is 0 Å². The van der Waals surface area contributed by atoms with Gasteiger partial charge in [-0.15, -0.1) is 0 Å². The van der Waals surface area contributed by atoms with Gasteiger partial charge in [-0.25, -0.2) is 9.59 Å². The molecule has 0 saturated carbocycles. The first kappa shape index (κ1) is 20.1. The van der Waals surface area contributed by atoms with Gasteiger partial charge in [0.25, 0.3) is 0 Å². The zero-order valence-corrected chi connectivity index (χ0v) is 15.4. The topological polar surface area (TPSA) is 108 Å². The van der Waals surface area contributed by atoms with Crippen molar-refractivity contribution in [2.45, 2.75) is 0 Å². The third-order valence-corrected chi connectivity index (χ3v) is 3.76. The number of nitrogens with one attached hydrogen (secondary N) is 1. The van der Waals surface area contributed by atoms with Gasteiger partial charge in [0.05, 0.1) is 29.6 Å². The maximum absolute atomic E-state index is 11.6. The van der Waals surface area contributed by atoms with Crippen LogP contribution in [0.25, 0.3) is 0 Å². The molecular formula is C19H22N2O6. The molecule has 0 aliphatic rings. The standard InChI is InChI=1S/C19H22N2O6/c1-21(2)9-10-27-16-11-12(26-3)7-8-14(16)20-15-6-4-5-13(18(22)23)17(15)19(24)25/h4-8,11,20H,9-10H2,1-3H3,(H,22,23)(H,24,25). The largest absolute Gasteiger partial charge is 0.497 e. The summed E-state index contributed by atoms with van der Waals surface area (Å²) in [6.45, 7) is 1.10. The van der Waals surface area contributed by atoms with Crippen molar-refractivity contribution in [3.63, 3.8) is 0 Å². The highest BCUT2D eigenvalue weighted by Gasteiger charge is 2.21. The van der Waals surface area contributed by atoms with Crippen molar-refractivity contribution in [3.8, 4) is 11.5 Å². The number of carbonyl (C=O) groups is 2. The van der Waals surface area contributed by atoms with Crippen molar-refractivity contribution in [3.05, 3.63) is 47.5 Å². The zero-order chi connectivity index (χ0) is 20.0. The van der Waals surface area contributed by atoms with Crippen LogP contribution >= 0.6 is 0 Å². The Bertz CT molecular complexity index is 835. The second kappa shape index (κ2) is 8.91. The predicted molar refractivity (Wildman–Crippen MR) is 101 cm³/mol. The van der Waals surface area contributed by atoms with Gasteiger partial charge in [-0.05, 0) is 38.4 Å². The van der Waals surface area contributed by atoms with Crippen LogP contribution in [0.15, 0.2) is 36.4 Å². The third kappa shape index (κ3) is 5.11. The number of anilines is 2. The number of ether oxygens (including phenoxy) is 2. The van der Waals surface area contributed by atoms with E-state index in [9.17, 15) is 19.8 Å². The first-order chi connectivity index (χ1) is 12.8. The van der Waals surface area contributed by atoms with E-state index in [1.165, 1.54) is 25.3 Å². The Morgan fingerprint density at radius 2 is 1.81 bits per heavy atom. The summed E-state index contributed by atoms with van der Waals surface area (Å²) >= 11 is 0. The second-order valence-corrected chi connectivity index (χ2v) is 5.98. The molecule has 2 rings (SSSR count). The molecule has 8 heteroatoms. The molecule has 0 radical (unpaired) electrons. The Balaban J connectivity index is 2.40. The molecule has 0 aliphatic carbocycles. The van der Waals surface area contributed by atoms with E-state index in [4.69, 9.17) is 9.47 Å². The Labute approximate surface area is 156 Å². The molecule has 0 fully saturated rings. The number of methoxy groups -OCH3 is 1. The van der Waals surface area contributed by atoms with Crippen LogP contribution in [0.3, 0.4) is 0 Å². The van der Waals surface area contributed by atoms with Gasteiger partial charge in [-0.1, -0.05) is 6.07 Å². The number of benzene rings is 2. The van der Waals surface area contributed by atoms with Gasteiger partial charge < -0.3 is 29.9 Å². The van der Waals surface area contributed by atoms with E-state index in [-0.39, 0.29) is 16.8 Å². The van der Waals surface area contributed by atoms with E-state index in [0.717, 1.165) is 0 Å². The van der Waals surface area contributed by atoms with E-state index >= 15 is 0 Å². The van der Waals surface area contributed by atoms with Crippen LogP contribution in [0.2, 0.25) is 0 Å². The summed E-state index contributed by atoms with van der Waals surface area (Å²) in [4.78, 5) is 24.9. The van der Waals surface area contributed by atoms with E-state index in [2.05, 4.69) is 5.32 Å². The van der Waals surface area contributed by atoms with Crippen molar-refractivity contribution in [1.29, 1.82) is 0 Å². The number of hydrogen-bond acceptors (Lipinski definition) is 6. The molecule has 3 N–H and O–H groups in total. The summed E-state index contributed by atoms with van der Waals surface area (Å²) in [6, 6.07) is 9.29. The average Bonchev–Trinajstić information content (AvgIpc) is 2.62. The molecule has 2 aromatic carbocycles. The average molecular weight is 374 g/mol. The number of likely N-dealkylation sites (N-methyl/N-ethyl adjacent to an activating group) is 1. The van der Waals surface area contributed by atoms with Crippen LogP contribution in [0, 0.1) is 0 Å². The van der Waals surface area contributed by atoms with E-state index in [1.54, 1.807) is 18.2 Å². The van der Waals surface area contributed by atoms with Crippen LogP contribution in [0.4, 0.5) is 11.4 Å². The van der Waals surface area contributed by atoms with Crippen molar-refractivity contribution in [2.75, 3.05) is 39.7 Å². The Morgan fingerprint density at radius 1 is 1.07 bits per heavy atom. The van der Waals surface area contributed by atoms with Gasteiger partial charge in [0.2, 0.25) is 0 Å². The number of carboxylic acid groups (broad SMARTS) is 2. The monoisotopic (exact) mass is 374 g/mol.